The van der Waals surface area contributed by atoms with Gasteiger partial charge in [-0.05, 0) is 42.5 Å². The molecule has 1 aliphatic rings. The average molecular weight is 253 g/mol. The Balaban J connectivity index is 1.89. The number of aliphatic hydroxyl groups is 1. The van der Waals surface area contributed by atoms with Crippen molar-refractivity contribution in [1.29, 1.82) is 0 Å². The van der Waals surface area contributed by atoms with Crippen molar-refractivity contribution in [2.24, 2.45) is 0 Å². The van der Waals surface area contributed by atoms with E-state index in [1.165, 1.54) is 11.6 Å². The van der Waals surface area contributed by atoms with E-state index in [-0.39, 0.29) is 18.5 Å². The zero-order valence-corrected chi connectivity index (χ0v) is 10.5. The molecule has 3 nitrogen and oxygen atoms in total. The summed E-state index contributed by atoms with van der Waals surface area (Å²) in [6, 6.07) is 5.29. The zero-order chi connectivity index (χ0) is 12.8. The van der Waals surface area contributed by atoms with Gasteiger partial charge in [0.15, 0.2) is 0 Å². The smallest absolute Gasteiger partial charge is 0.123 e. The van der Waals surface area contributed by atoms with Gasteiger partial charge in [-0.1, -0.05) is 6.07 Å². The molecule has 0 fully saturated rings. The predicted octanol–water partition coefficient (Wildman–Crippen LogP) is 1.80. The van der Waals surface area contributed by atoms with E-state index in [1.54, 1.807) is 6.07 Å². The first kappa shape index (κ1) is 13.5. The molecule has 1 unspecified atom stereocenters. The molecule has 0 bridgehead atoms. The molecule has 1 atom stereocenters. The molecule has 0 heterocycles. The van der Waals surface area contributed by atoms with Crippen LogP contribution in [0.15, 0.2) is 18.2 Å². The third-order valence-corrected chi connectivity index (χ3v) is 3.30. The first-order valence-electron chi connectivity index (χ1n) is 6.51. The Bertz CT molecular complexity index is 384. The molecule has 2 rings (SSSR count). The van der Waals surface area contributed by atoms with Crippen molar-refractivity contribution < 1.29 is 14.2 Å². The molecular formula is C14H20FNO2. The first-order chi connectivity index (χ1) is 8.81. The van der Waals surface area contributed by atoms with Crippen LogP contribution in [0.1, 0.15) is 30.0 Å². The second kappa shape index (κ2) is 6.83. The number of benzene rings is 1. The Labute approximate surface area is 107 Å². The van der Waals surface area contributed by atoms with E-state index >= 15 is 0 Å². The summed E-state index contributed by atoms with van der Waals surface area (Å²) in [5, 5.41) is 12.0. The SMILES string of the molecule is OCCOCCNC1CCCc2ccc(F)cc21. The molecule has 1 aromatic rings. The van der Waals surface area contributed by atoms with Crippen LogP contribution in [0.25, 0.3) is 0 Å². The summed E-state index contributed by atoms with van der Waals surface area (Å²) in [6.45, 7) is 1.72. The Morgan fingerprint density at radius 1 is 1.39 bits per heavy atom. The average Bonchev–Trinajstić information content (AvgIpc) is 2.39. The highest BCUT2D eigenvalue weighted by Gasteiger charge is 2.19. The number of hydrogen-bond acceptors (Lipinski definition) is 3. The number of ether oxygens (including phenoxy) is 1. The van der Waals surface area contributed by atoms with Crippen LogP contribution < -0.4 is 5.32 Å². The van der Waals surface area contributed by atoms with Crippen molar-refractivity contribution in [3.63, 3.8) is 0 Å². The molecule has 0 spiro atoms. The number of rotatable bonds is 6. The molecule has 18 heavy (non-hydrogen) atoms. The fourth-order valence-corrected chi connectivity index (χ4v) is 2.45. The van der Waals surface area contributed by atoms with Gasteiger partial charge in [-0.25, -0.2) is 4.39 Å². The molecule has 1 aromatic carbocycles. The normalized spacial score (nSPS) is 18.7. The van der Waals surface area contributed by atoms with Crippen LogP contribution in [-0.4, -0.2) is 31.5 Å². The van der Waals surface area contributed by atoms with E-state index in [0.29, 0.717) is 13.2 Å². The zero-order valence-electron chi connectivity index (χ0n) is 10.5. The Morgan fingerprint density at radius 2 is 2.28 bits per heavy atom. The van der Waals surface area contributed by atoms with Crippen molar-refractivity contribution in [3.05, 3.63) is 35.1 Å². The minimum atomic E-state index is -0.168. The second-order valence-electron chi connectivity index (χ2n) is 4.58. The van der Waals surface area contributed by atoms with Crippen LogP contribution in [0.4, 0.5) is 4.39 Å². The molecule has 0 saturated carbocycles. The van der Waals surface area contributed by atoms with Gasteiger partial charge in [0.05, 0.1) is 19.8 Å². The van der Waals surface area contributed by atoms with Gasteiger partial charge in [-0.15, -0.1) is 0 Å². The number of aliphatic hydroxyl groups excluding tert-OH is 1. The summed E-state index contributed by atoms with van der Waals surface area (Å²) >= 11 is 0. The minimum Gasteiger partial charge on any atom is -0.394 e. The molecule has 0 amide bonds. The van der Waals surface area contributed by atoms with Crippen molar-refractivity contribution in [2.45, 2.75) is 25.3 Å². The maximum atomic E-state index is 13.3. The summed E-state index contributed by atoms with van der Waals surface area (Å²) in [6.07, 6.45) is 3.21. The van der Waals surface area contributed by atoms with Crippen LogP contribution in [-0.2, 0) is 11.2 Å². The van der Waals surface area contributed by atoms with E-state index in [9.17, 15) is 4.39 Å². The Hall–Kier alpha value is -0.970. The van der Waals surface area contributed by atoms with Gasteiger partial charge < -0.3 is 15.2 Å². The van der Waals surface area contributed by atoms with E-state index in [4.69, 9.17) is 9.84 Å². The van der Waals surface area contributed by atoms with Crippen molar-refractivity contribution >= 4 is 0 Å². The Kier molecular flexibility index (Phi) is 5.11. The van der Waals surface area contributed by atoms with E-state index in [1.807, 2.05) is 6.07 Å². The number of fused-ring (bicyclic) bond motifs is 1. The van der Waals surface area contributed by atoms with E-state index in [2.05, 4.69) is 5.32 Å². The highest BCUT2D eigenvalue weighted by Crippen LogP contribution is 2.29. The summed E-state index contributed by atoms with van der Waals surface area (Å²) < 4.78 is 18.5. The summed E-state index contributed by atoms with van der Waals surface area (Å²) in [5.74, 6) is -0.168. The predicted molar refractivity (Wildman–Crippen MR) is 68.0 cm³/mol. The molecule has 0 saturated heterocycles. The molecule has 0 aromatic heterocycles. The highest BCUT2D eigenvalue weighted by atomic mass is 19.1. The van der Waals surface area contributed by atoms with Crippen LogP contribution in [0, 0.1) is 5.82 Å². The quantitative estimate of drug-likeness (QED) is 0.760. The van der Waals surface area contributed by atoms with Crippen LogP contribution in [0.5, 0.6) is 0 Å². The standard InChI is InChI=1S/C14H20FNO2/c15-12-5-4-11-2-1-3-14(13(11)10-12)16-6-8-18-9-7-17/h4-5,10,14,16-17H,1-3,6-9H2. The number of nitrogens with one attached hydrogen (secondary N) is 1. The number of halogens is 1. The van der Waals surface area contributed by atoms with Crippen LogP contribution in [0.3, 0.4) is 0 Å². The lowest BCUT2D eigenvalue weighted by molar-refractivity contribution is 0.0922. The van der Waals surface area contributed by atoms with Crippen LogP contribution in [0.2, 0.25) is 0 Å². The van der Waals surface area contributed by atoms with Gasteiger partial charge in [-0.2, -0.15) is 0 Å². The van der Waals surface area contributed by atoms with E-state index < -0.39 is 0 Å². The van der Waals surface area contributed by atoms with Gasteiger partial charge in [0.25, 0.3) is 0 Å². The lowest BCUT2D eigenvalue weighted by atomic mass is 9.87. The van der Waals surface area contributed by atoms with Gasteiger partial charge >= 0.3 is 0 Å². The number of aryl methyl sites for hydroxylation is 1. The number of hydrogen-bond donors (Lipinski definition) is 2. The molecule has 0 radical (unpaired) electrons. The summed E-state index contributed by atoms with van der Waals surface area (Å²) in [7, 11) is 0. The van der Waals surface area contributed by atoms with Gasteiger partial charge in [-0.3, -0.25) is 0 Å². The second-order valence-corrected chi connectivity index (χ2v) is 4.58. The maximum Gasteiger partial charge on any atom is 0.123 e. The molecule has 1 aliphatic carbocycles. The summed E-state index contributed by atoms with van der Waals surface area (Å²) in [5.41, 5.74) is 2.33. The van der Waals surface area contributed by atoms with Crippen molar-refractivity contribution in [1.82, 2.24) is 5.32 Å². The van der Waals surface area contributed by atoms with Crippen molar-refractivity contribution in [3.8, 4) is 0 Å². The monoisotopic (exact) mass is 253 g/mol. The molecule has 100 valence electrons. The lowest BCUT2D eigenvalue weighted by Crippen LogP contribution is -2.28. The third-order valence-electron chi connectivity index (χ3n) is 3.30. The maximum absolute atomic E-state index is 13.3. The molecule has 2 N–H and O–H groups in total. The van der Waals surface area contributed by atoms with Crippen molar-refractivity contribution in [2.75, 3.05) is 26.4 Å². The molecular weight excluding hydrogens is 233 g/mol. The largest absolute Gasteiger partial charge is 0.394 e. The highest BCUT2D eigenvalue weighted by molar-refractivity contribution is 5.32. The van der Waals surface area contributed by atoms with Gasteiger partial charge in [0, 0.05) is 12.6 Å². The fraction of sp³-hybridized carbons (Fsp3) is 0.571. The fourth-order valence-electron chi connectivity index (χ4n) is 2.45. The molecule has 4 heteroatoms. The van der Waals surface area contributed by atoms with Gasteiger partial charge in [0.2, 0.25) is 0 Å². The molecule has 0 aliphatic heterocycles. The summed E-state index contributed by atoms with van der Waals surface area (Å²) in [4.78, 5) is 0. The first-order valence-corrected chi connectivity index (χ1v) is 6.51. The third kappa shape index (κ3) is 3.51. The van der Waals surface area contributed by atoms with Crippen LogP contribution >= 0.6 is 0 Å². The van der Waals surface area contributed by atoms with E-state index in [0.717, 1.165) is 31.4 Å². The van der Waals surface area contributed by atoms with Gasteiger partial charge in [0.1, 0.15) is 5.82 Å². The topological polar surface area (TPSA) is 41.5 Å². The lowest BCUT2D eigenvalue weighted by Gasteiger charge is -2.26. The Morgan fingerprint density at radius 3 is 3.11 bits per heavy atom. The minimum absolute atomic E-state index is 0.0530.